The van der Waals surface area contributed by atoms with E-state index in [9.17, 15) is 13.5 Å². The van der Waals surface area contributed by atoms with Crippen molar-refractivity contribution in [3.8, 4) is 0 Å². The van der Waals surface area contributed by atoms with Crippen LogP contribution in [0.1, 0.15) is 26.2 Å². The van der Waals surface area contributed by atoms with Gasteiger partial charge < -0.3 is 19.9 Å². The van der Waals surface area contributed by atoms with Crippen molar-refractivity contribution in [3.63, 3.8) is 0 Å². The predicted octanol–water partition coefficient (Wildman–Crippen LogP) is 0.205. The second-order valence-electron chi connectivity index (χ2n) is 5.62. The monoisotopic (exact) mass is 323 g/mol. The zero-order valence-electron chi connectivity index (χ0n) is 12.9. The van der Waals surface area contributed by atoms with E-state index in [-0.39, 0.29) is 18.3 Å². The zero-order valence-corrected chi connectivity index (χ0v) is 13.7. The van der Waals surface area contributed by atoms with Gasteiger partial charge in [-0.2, -0.15) is 0 Å². The molecule has 0 amide bonds. The highest BCUT2D eigenvalue weighted by Crippen LogP contribution is 2.17. The van der Waals surface area contributed by atoms with Crippen molar-refractivity contribution < 1.29 is 23.0 Å². The first kappa shape index (κ1) is 18.8. The van der Waals surface area contributed by atoms with Crippen LogP contribution in [0.25, 0.3) is 0 Å². The Morgan fingerprint density at radius 3 is 2.71 bits per heavy atom. The number of hydrogen-bond acceptors (Lipinski definition) is 6. The van der Waals surface area contributed by atoms with Gasteiger partial charge in [0.1, 0.15) is 0 Å². The van der Waals surface area contributed by atoms with E-state index in [1.807, 2.05) is 0 Å². The number of rotatable bonds is 12. The molecule has 1 heterocycles. The van der Waals surface area contributed by atoms with Gasteiger partial charge in [0.2, 0.25) is 0 Å². The Bertz CT molecular complexity index is 360. The largest absolute Gasteiger partial charge is 0.389 e. The van der Waals surface area contributed by atoms with E-state index < -0.39 is 15.9 Å². The van der Waals surface area contributed by atoms with Crippen molar-refractivity contribution in [2.75, 3.05) is 51.0 Å². The molecule has 21 heavy (non-hydrogen) atoms. The van der Waals surface area contributed by atoms with Crippen LogP contribution in [0.5, 0.6) is 0 Å². The smallest absolute Gasteiger partial charge is 0.150 e. The highest BCUT2D eigenvalue weighted by molar-refractivity contribution is 7.91. The molecule has 1 aliphatic rings. The van der Waals surface area contributed by atoms with E-state index in [1.165, 1.54) is 0 Å². The van der Waals surface area contributed by atoms with E-state index in [2.05, 4.69) is 12.2 Å². The third-order valence-corrected chi connectivity index (χ3v) is 5.30. The number of nitrogens with one attached hydrogen (secondary N) is 1. The Hall–Kier alpha value is -0.210. The first-order valence-electron chi connectivity index (χ1n) is 7.78. The van der Waals surface area contributed by atoms with Gasteiger partial charge in [-0.15, -0.1) is 0 Å². The van der Waals surface area contributed by atoms with Gasteiger partial charge in [-0.3, -0.25) is 0 Å². The second-order valence-corrected chi connectivity index (χ2v) is 7.85. The Morgan fingerprint density at radius 2 is 2.05 bits per heavy atom. The van der Waals surface area contributed by atoms with Gasteiger partial charge in [0.05, 0.1) is 37.4 Å². The van der Waals surface area contributed by atoms with Gasteiger partial charge in [-0.05, 0) is 25.3 Å². The highest BCUT2D eigenvalue weighted by atomic mass is 32.2. The summed E-state index contributed by atoms with van der Waals surface area (Å²) in [5.74, 6) is 0.736. The molecule has 0 aromatic rings. The van der Waals surface area contributed by atoms with E-state index in [0.29, 0.717) is 32.1 Å². The molecule has 126 valence electrons. The van der Waals surface area contributed by atoms with Gasteiger partial charge in [-0.25, -0.2) is 8.42 Å². The summed E-state index contributed by atoms with van der Waals surface area (Å²) in [6.45, 7) is 5.25. The van der Waals surface area contributed by atoms with Gasteiger partial charge in [0, 0.05) is 13.2 Å². The molecular weight excluding hydrogens is 294 g/mol. The SMILES string of the molecule is CCCCOCCOCC(O)CNCC1CCS(=O)(=O)C1. The molecule has 0 bridgehead atoms. The average Bonchev–Trinajstić information content (AvgIpc) is 2.77. The Balaban J connectivity index is 1.91. The van der Waals surface area contributed by atoms with Gasteiger partial charge in [0.15, 0.2) is 9.84 Å². The summed E-state index contributed by atoms with van der Waals surface area (Å²) in [5, 5.41) is 12.8. The van der Waals surface area contributed by atoms with E-state index in [4.69, 9.17) is 9.47 Å². The zero-order chi connectivity index (χ0) is 15.6. The molecule has 0 aliphatic carbocycles. The third kappa shape index (κ3) is 9.42. The molecule has 6 nitrogen and oxygen atoms in total. The number of ether oxygens (including phenoxy) is 2. The quantitative estimate of drug-likeness (QED) is 0.499. The molecule has 2 atom stereocenters. The van der Waals surface area contributed by atoms with E-state index in [0.717, 1.165) is 25.9 Å². The van der Waals surface area contributed by atoms with Crippen molar-refractivity contribution in [1.29, 1.82) is 0 Å². The molecule has 0 spiro atoms. The lowest BCUT2D eigenvalue weighted by Crippen LogP contribution is -2.34. The minimum absolute atomic E-state index is 0.176. The summed E-state index contributed by atoms with van der Waals surface area (Å²) in [5.41, 5.74) is 0. The van der Waals surface area contributed by atoms with Gasteiger partial charge >= 0.3 is 0 Å². The van der Waals surface area contributed by atoms with E-state index >= 15 is 0 Å². The van der Waals surface area contributed by atoms with Crippen molar-refractivity contribution in [3.05, 3.63) is 0 Å². The summed E-state index contributed by atoms with van der Waals surface area (Å²) < 4.78 is 33.3. The lowest BCUT2D eigenvalue weighted by atomic mass is 10.1. The maximum atomic E-state index is 11.3. The highest BCUT2D eigenvalue weighted by Gasteiger charge is 2.27. The van der Waals surface area contributed by atoms with Crippen LogP contribution in [0, 0.1) is 5.92 Å². The molecule has 2 unspecified atom stereocenters. The molecule has 1 saturated heterocycles. The van der Waals surface area contributed by atoms with E-state index in [1.54, 1.807) is 0 Å². The molecule has 7 heteroatoms. The van der Waals surface area contributed by atoms with Crippen LogP contribution in [-0.4, -0.2) is 70.7 Å². The third-order valence-electron chi connectivity index (χ3n) is 3.46. The van der Waals surface area contributed by atoms with Crippen LogP contribution in [-0.2, 0) is 19.3 Å². The van der Waals surface area contributed by atoms with Crippen molar-refractivity contribution in [2.45, 2.75) is 32.3 Å². The number of aliphatic hydroxyl groups excluding tert-OH is 1. The molecule has 1 rings (SSSR count). The fraction of sp³-hybridized carbons (Fsp3) is 1.00. The van der Waals surface area contributed by atoms with Crippen LogP contribution in [0.15, 0.2) is 0 Å². The maximum absolute atomic E-state index is 11.3. The lowest BCUT2D eigenvalue weighted by molar-refractivity contribution is 0.00379. The Labute approximate surface area is 128 Å². The predicted molar refractivity (Wildman–Crippen MR) is 82.2 cm³/mol. The normalized spacial score (nSPS) is 22.5. The average molecular weight is 323 g/mol. The molecule has 2 N–H and O–H groups in total. The number of aliphatic hydroxyl groups is 1. The summed E-state index contributed by atoms with van der Waals surface area (Å²) in [6, 6.07) is 0. The molecule has 1 fully saturated rings. The standard InChI is InChI=1S/C14H29NO5S/c1-2-3-5-19-6-7-20-11-14(16)10-15-9-13-4-8-21(17,18)12-13/h13-16H,2-12H2,1H3. The number of hydrogen-bond donors (Lipinski definition) is 2. The molecule has 0 aromatic carbocycles. The maximum Gasteiger partial charge on any atom is 0.150 e. The number of sulfone groups is 1. The van der Waals surface area contributed by atoms with Crippen LogP contribution < -0.4 is 5.32 Å². The molecule has 1 aliphatic heterocycles. The fourth-order valence-electron chi connectivity index (χ4n) is 2.23. The Kier molecular flexibility index (Phi) is 9.42. The minimum atomic E-state index is -2.81. The van der Waals surface area contributed by atoms with Gasteiger partial charge in [0.25, 0.3) is 0 Å². The van der Waals surface area contributed by atoms with Gasteiger partial charge in [-0.1, -0.05) is 13.3 Å². The Morgan fingerprint density at radius 1 is 1.29 bits per heavy atom. The summed E-state index contributed by atoms with van der Waals surface area (Å²) >= 11 is 0. The molecular formula is C14H29NO5S. The summed E-state index contributed by atoms with van der Waals surface area (Å²) in [4.78, 5) is 0. The molecule has 0 saturated carbocycles. The minimum Gasteiger partial charge on any atom is -0.389 e. The topological polar surface area (TPSA) is 84.9 Å². The van der Waals surface area contributed by atoms with Crippen LogP contribution in [0.4, 0.5) is 0 Å². The van der Waals surface area contributed by atoms with Crippen LogP contribution in [0.3, 0.4) is 0 Å². The van der Waals surface area contributed by atoms with Crippen LogP contribution in [0.2, 0.25) is 0 Å². The number of unbranched alkanes of at least 4 members (excludes halogenated alkanes) is 1. The molecule has 0 radical (unpaired) electrons. The lowest BCUT2D eigenvalue weighted by Gasteiger charge is -2.14. The van der Waals surface area contributed by atoms with Crippen molar-refractivity contribution in [2.24, 2.45) is 5.92 Å². The van der Waals surface area contributed by atoms with Crippen molar-refractivity contribution >= 4 is 9.84 Å². The summed E-state index contributed by atoms with van der Waals surface area (Å²) in [6.07, 6.45) is 2.33. The first-order chi connectivity index (χ1) is 10.0. The fourth-order valence-corrected chi connectivity index (χ4v) is 4.09. The van der Waals surface area contributed by atoms with Crippen molar-refractivity contribution in [1.82, 2.24) is 5.32 Å². The first-order valence-corrected chi connectivity index (χ1v) is 9.60. The van der Waals surface area contributed by atoms with Crippen LogP contribution >= 0.6 is 0 Å². The second kappa shape index (κ2) is 10.5. The summed E-state index contributed by atoms with van der Waals surface area (Å²) in [7, 11) is -2.81. The molecule has 0 aromatic heterocycles.